The molecule has 0 aromatic carbocycles. The van der Waals surface area contributed by atoms with E-state index in [9.17, 15) is 4.79 Å². The van der Waals surface area contributed by atoms with Gasteiger partial charge < -0.3 is 20.3 Å². The van der Waals surface area contributed by atoms with Crippen LogP contribution in [0.2, 0.25) is 0 Å². The van der Waals surface area contributed by atoms with Crippen molar-refractivity contribution >= 4 is 17.4 Å². The van der Waals surface area contributed by atoms with Crippen LogP contribution in [0.5, 0.6) is 0 Å². The molecule has 1 aromatic rings. The Balaban J connectivity index is 1.54. The van der Waals surface area contributed by atoms with Crippen LogP contribution in [0.3, 0.4) is 0 Å². The van der Waals surface area contributed by atoms with E-state index in [1.807, 2.05) is 17.0 Å². The third-order valence-electron chi connectivity index (χ3n) is 4.20. The zero-order valence-corrected chi connectivity index (χ0v) is 12.2. The maximum atomic E-state index is 12.4. The maximum absolute atomic E-state index is 12.4. The Bertz CT molecular complexity index is 477. The van der Waals surface area contributed by atoms with E-state index in [2.05, 4.69) is 9.88 Å². The van der Waals surface area contributed by atoms with Crippen molar-refractivity contribution in [2.45, 2.75) is 12.8 Å². The lowest BCUT2D eigenvalue weighted by Gasteiger charge is -2.37. The lowest BCUT2D eigenvalue weighted by atomic mass is 10.0. The number of anilines is 2. The van der Waals surface area contributed by atoms with Gasteiger partial charge in [-0.15, -0.1) is 0 Å². The van der Waals surface area contributed by atoms with E-state index in [1.54, 1.807) is 6.20 Å². The van der Waals surface area contributed by atoms with Crippen LogP contribution in [0, 0.1) is 5.92 Å². The number of carbonyl (C=O) groups excluding carboxylic acids is 1. The first-order chi connectivity index (χ1) is 10.2. The Hall–Kier alpha value is -1.82. The SMILES string of the molecule is Nc1ccc(N2CCN(C(=O)C3CCCOC3)CC2)nc1. The summed E-state index contributed by atoms with van der Waals surface area (Å²) in [5.74, 6) is 1.23. The number of hydrogen-bond acceptors (Lipinski definition) is 5. The second-order valence-corrected chi connectivity index (χ2v) is 5.68. The number of ether oxygens (including phenoxy) is 1. The molecule has 0 radical (unpaired) electrons. The number of carbonyl (C=O) groups is 1. The Morgan fingerprint density at radius 3 is 2.71 bits per heavy atom. The smallest absolute Gasteiger partial charge is 0.228 e. The van der Waals surface area contributed by atoms with Crippen LogP contribution in [0.1, 0.15) is 12.8 Å². The van der Waals surface area contributed by atoms with Crippen LogP contribution in [-0.2, 0) is 9.53 Å². The molecular formula is C15H22N4O2. The van der Waals surface area contributed by atoms with Crippen molar-refractivity contribution in [3.05, 3.63) is 18.3 Å². The summed E-state index contributed by atoms with van der Waals surface area (Å²) in [5, 5.41) is 0. The molecule has 1 atom stereocenters. The predicted octanol–water partition coefficient (Wildman–Crippen LogP) is 0.739. The molecule has 1 aromatic heterocycles. The number of hydrogen-bond donors (Lipinski definition) is 1. The summed E-state index contributed by atoms with van der Waals surface area (Å²) in [7, 11) is 0. The lowest BCUT2D eigenvalue weighted by Crippen LogP contribution is -2.51. The summed E-state index contributed by atoms with van der Waals surface area (Å²) < 4.78 is 5.42. The number of pyridine rings is 1. The third kappa shape index (κ3) is 3.26. The first-order valence-corrected chi connectivity index (χ1v) is 7.57. The molecule has 2 N–H and O–H groups in total. The zero-order chi connectivity index (χ0) is 14.7. The van der Waals surface area contributed by atoms with Crippen molar-refractivity contribution in [3.63, 3.8) is 0 Å². The van der Waals surface area contributed by atoms with Gasteiger partial charge in [-0.3, -0.25) is 4.79 Å². The second kappa shape index (κ2) is 6.30. The molecular weight excluding hydrogens is 268 g/mol. The molecule has 6 heteroatoms. The molecule has 0 saturated carbocycles. The Labute approximate surface area is 124 Å². The molecule has 114 valence electrons. The molecule has 1 amide bonds. The number of nitrogen functional groups attached to an aromatic ring is 1. The molecule has 2 aliphatic rings. The van der Waals surface area contributed by atoms with Crippen LogP contribution < -0.4 is 10.6 Å². The quantitative estimate of drug-likeness (QED) is 0.870. The van der Waals surface area contributed by atoms with E-state index in [0.717, 1.165) is 51.4 Å². The Morgan fingerprint density at radius 2 is 2.10 bits per heavy atom. The second-order valence-electron chi connectivity index (χ2n) is 5.68. The van der Waals surface area contributed by atoms with Gasteiger partial charge in [0.25, 0.3) is 0 Å². The fourth-order valence-electron chi connectivity index (χ4n) is 2.93. The van der Waals surface area contributed by atoms with Gasteiger partial charge in [0.15, 0.2) is 0 Å². The van der Waals surface area contributed by atoms with Gasteiger partial charge in [-0.2, -0.15) is 0 Å². The maximum Gasteiger partial charge on any atom is 0.228 e. The Morgan fingerprint density at radius 1 is 1.29 bits per heavy atom. The van der Waals surface area contributed by atoms with Gasteiger partial charge in [-0.05, 0) is 25.0 Å². The van der Waals surface area contributed by atoms with Crippen molar-refractivity contribution in [3.8, 4) is 0 Å². The van der Waals surface area contributed by atoms with Crippen molar-refractivity contribution in [1.29, 1.82) is 0 Å². The molecule has 3 heterocycles. The Kier molecular flexibility index (Phi) is 4.24. The number of nitrogens with two attached hydrogens (primary N) is 1. The minimum Gasteiger partial charge on any atom is -0.397 e. The average Bonchev–Trinajstić information content (AvgIpc) is 2.56. The van der Waals surface area contributed by atoms with Crippen LogP contribution in [0.4, 0.5) is 11.5 Å². The summed E-state index contributed by atoms with van der Waals surface area (Å²) in [6.07, 6.45) is 3.62. The summed E-state index contributed by atoms with van der Waals surface area (Å²) in [5.41, 5.74) is 6.33. The minimum absolute atomic E-state index is 0.0555. The first-order valence-electron chi connectivity index (χ1n) is 7.57. The zero-order valence-electron chi connectivity index (χ0n) is 12.2. The lowest BCUT2D eigenvalue weighted by molar-refractivity contribution is -0.140. The number of aromatic nitrogens is 1. The number of amides is 1. The molecule has 2 saturated heterocycles. The number of nitrogens with zero attached hydrogens (tertiary/aromatic N) is 3. The van der Waals surface area contributed by atoms with E-state index in [-0.39, 0.29) is 11.8 Å². The summed E-state index contributed by atoms with van der Waals surface area (Å²) in [6, 6.07) is 3.79. The van der Waals surface area contributed by atoms with Gasteiger partial charge >= 0.3 is 0 Å². The van der Waals surface area contributed by atoms with Crippen LogP contribution in [0.15, 0.2) is 18.3 Å². The fourth-order valence-corrected chi connectivity index (χ4v) is 2.93. The van der Waals surface area contributed by atoms with Crippen LogP contribution >= 0.6 is 0 Å². The molecule has 1 unspecified atom stereocenters. The molecule has 2 fully saturated rings. The standard InChI is InChI=1S/C15H22N4O2/c16-13-3-4-14(17-10-13)18-5-7-19(8-6-18)15(20)12-2-1-9-21-11-12/h3-4,10,12H,1-2,5-9,11,16H2. The average molecular weight is 290 g/mol. The third-order valence-corrected chi connectivity index (χ3v) is 4.20. The van der Waals surface area contributed by atoms with E-state index in [0.29, 0.717) is 12.3 Å². The van der Waals surface area contributed by atoms with Crippen molar-refractivity contribution < 1.29 is 9.53 Å². The highest BCUT2D eigenvalue weighted by atomic mass is 16.5. The van der Waals surface area contributed by atoms with Crippen LogP contribution in [0.25, 0.3) is 0 Å². The summed E-state index contributed by atoms with van der Waals surface area (Å²) >= 11 is 0. The van der Waals surface area contributed by atoms with Gasteiger partial charge in [-0.1, -0.05) is 0 Å². The molecule has 0 spiro atoms. The highest BCUT2D eigenvalue weighted by Gasteiger charge is 2.29. The topological polar surface area (TPSA) is 71.7 Å². The van der Waals surface area contributed by atoms with Crippen molar-refractivity contribution in [2.75, 3.05) is 50.0 Å². The number of piperazine rings is 1. The van der Waals surface area contributed by atoms with Gasteiger partial charge in [0, 0.05) is 32.8 Å². The number of rotatable bonds is 2. The van der Waals surface area contributed by atoms with E-state index in [4.69, 9.17) is 10.5 Å². The molecule has 0 bridgehead atoms. The molecule has 0 aliphatic carbocycles. The van der Waals surface area contributed by atoms with Gasteiger partial charge in [0.05, 0.1) is 24.4 Å². The van der Waals surface area contributed by atoms with E-state index < -0.39 is 0 Å². The van der Waals surface area contributed by atoms with Crippen LogP contribution in [-0.4, -0.2) is 55.2 Å². The van der Waals surface area contributed by atoms with Gasteiger partial charge in [-0.25, -0.2) is 4.98 Å². The molecule has 6 nitrogen and oxygen atoms in total. The van der Waals surface area contributed by atoms with E-state index >= 15 is 0 Å². The van der Waals surface area contributed by atoms with Crippen molar-refractivity contribution in [2.24, 2.45) is 5.92 Å². The molecule has 21 heavy (non-hydrogen) atoms. The molecule has 3 rings (SSSR count). The van der Waals surface area contributed by atoms with Gasteiger partial charge in [0.2, 0.25) is 5.91 Å². The fraction of sp³-hybridized carbons (Fsp3) is 0.600. The van der Waals surface area contributed by atoms with Crippen molar-refractivity contribution in [1.82, 2.24) is 9.88 Å². The van der Waals surface area contributed by atoms with Gasteiger partial charge in [0.1, 0.15) is 5.82 Å². The van der Waals surface area contributed by atoms with E-state index in [1.165, 1.54) is 0 Å². The highest BCUT2D eigenvalue weighted by Crippen LogP contribution is 2.19. The predicted molar refractivity (Wildman–Crippen MR) is 81.0 cm³/mol. The largest absolute Gasteiger partial charge is 0.397 e. The molecule has 2 aliphatic heterocycles. The summed E-state index contributed by atoms with van der Waals surface area (Å²) in [4.78, 5) is 20.9. The highest BCUT2D eigenvalue weighted by molar-refractivity contribution is 5.79. The first kappa shape index (κ1) is 14.1. The summed E-state index contributed by atoms with van der Waals surface area (Å²) in [6.45, 7) is 4.51. The monoisotopic (exact) mass is 290 g/mol. The minimum atomic E-state index is 0.0555. The normalized spacial score (nSPS) is 23.1.